The first-order valence-corrected chi connectivity index (χ1v) is 15.0. The van der Waals surface area contributed by atoms with Gasteiger partial charge in [0.15, 0.2) is 6.20 Å². The summed E-state index contributed by atoms with van der Waals surface area (Å²) < 4.78 is 9.65. The van der Waals surface area contributed by atoms with E-state index in [1.165, 1.54) is 73.8 Å². The number of aromatic nitrogens is 1. The molecular weight excluding hydrogens is 710 g/mol. The molecule has 0 spiro atoms. The number of allylic oxidation sites excluding steroid dienone is 1. The summed E-state index contributed by atoms with van der Waals surface area (Å²) in [6.07, 6.45) is 18.6. The maximum atomic E-state index is 12.3. The van der Waals surface area contributed by atoms with Gasteiger partial charge in [0.1, 0.15) is 13.2 Å². The van der Waals surface area contributed by atoms with Crippen molar-refractivity contribution in [2.45, 2.75) is 90.7 Å². The molecule has 7 atom stereocenters. The van der Waals surface area contributed by atoms with Gasteiger partial charge in [-0.25, -0.2) is 4.57 Å². The average Bonchev–Trinajstić information content (AvgIpc) is 3.42. The molecule has 1 aromatic heterocycles. The van der Waals surface area contributed by atoms with Crippen LogP contribution in [0.2, 0.25) is 0 Å². The van der Waals surface area contributed by atoms with Crippen molar-refractivity contribution >= 4 is 12.0 Å². The number of aryl methyl sites for hydroxylation is 1. The highest BCUT2D eigenvalue weighted by atomic mass is 127. The molecule has 2 heterocycles. The molecule has 0 amide bonds. The van der Waals surface area contributed by atoms with Crippen molar-refractivity contribution < 1.29 is 66.5 Å². The van der Waals surface area contributed by atoms with Crippen molar-refractivity contribution in [2.75, 3.05) is 20.1 Å². The largest absolute Gasteiger partial charge is 1.00 e. The Labute approximate surface area is 270 Å². The zero-order valence-electron chi connectivity index (χ0n) is 24.6. The number of carbonyl (C=O) groups excluding carboxylic acids is 1. The van der Waals surface area contributed by atoms with Crippen molar-refractivity contribution in [1.29, 1.82) is 0 Å². The maximum Gasteiger partial charge on any atom is 0.303 e. The monoisotopic (exact) mass is 758 g/mol. The van der Waals surface area contributed by atoms with Crippen molar-refractivity contribution in [3.8, 4) is 0 Å². The number of pyridine rings is 1. The Kier molecular flexibility index (Phi) is 9.40. The number of fused-ring (bicyclic) bond motifs is 5. The number of carbonyl (C=O) groups is 1. The standard InChI is InChI=1S/C33H48N2O2.2HI/c1-23(36)37-31-24(20-26-10-6-7-17-34(26)4)21-30-28-12-11-25-22-27(35(5)18-8-9-19-35)13-15-32(25,2)29(28)14-16-33(30,31)3;;/h6-7,10-11,17,20,27-31H,8-9,12-16,18-19,21-22H2,1-5H3;2*1H/q+2;;/p-2/b24-20+;;/t27-,28+,29-,30-,31-,32-,33-;;/m0../s1. The topological polar surface area (TPSA) is 30.2 Å². The molecule has 39 heavy (non-hydrogen) atoms. The van der Waals surface area contributed by atoms with Crippen LogP contribution in [0.3, 0.4) is 0 Å². The van der Waals surface area contributed by atoms with Crippen LogP contribution in [0, 0.1) is 28.6 Å². The highest BCUT2D eigenvalue weighted by Gasteiger charge is 2.61. The van der Waals surface area contributed by atoms with Crippen LogP contribution >= 0.6 is 0 Å². The van der Waals surface area contributed by atoms with E-state index in [1.54, 1.807) is 12.5 Å². The Morgan fingerprint density at radius 2 is 1.82 bits per heavy atom. The molecule has 1 aromatic rings. The van der Waals surface area contributed by atoms with Gasteiger partial charge in [-0.1, -0.05) is 25.5 Å². The fraction of sp³-hybridized carbons (Fsp3) is 0.697. The predicted molar refractivity (Wildman–Crippen MR) is 147 cm³/mol. The molecule has 4 aliphatic carbocycles. The summed E-state index contributed by atoms with van der Waals surface area (Å²) in [4.78, 5) is 12.3. The van der Waals surface area contributed by atoms with Gasteiger partial charge in [-0.2, -0.15) is 0 Å². The van der Waals surface area contributed by atoms with E-state index in [9.17, 15) is 4.79 Å². The van der Waals surface area contributed by atoms with Gasteiger partial charge in [0, 0.05) is 56.2 Å². The lowest BCUT2D eigenvalue weighted by molar-refractivity contribution is -0.923. The molecule has 1 aliphatic heterocycles. The normalized spacial score (nSPS) is 39.4. The van der Waals surface area contributed by atoms with Crippen LogP contribution in [0.5, 0.6) is 0 Å². The number of rotatable bonds is 3. The molecule has 0 radical (unpaired) electrons. The summed E-state index contributed by atoms with van der Waals surface area (Å²) in [5.74, 6) is 1.88. The molecule has 6 heteroatoms. The Bertz CT molecular complexity index is 1140. The lowest BCUT2D eigenvalue weighted by atomic mass is 9.47. The number of hydrogen-bond donors (Lipinski definition) is 0. The van der Waals surface area contributed by atoms with E-state index in [0.29, 0.717) is 17.3 Å². The van der Waals surface area contributed by atoms with E-state index in [1.807, 2.05) is 0 Å². The van der Waals surface area contributed by atoms with Gasteiger partial charge in [-0.15, -0.1) is 0 Å². The number of nitrogens with zero attached hydrogens (tertiary/aromatic N) is 2. The van der Waals surface area contributed by atoms with E-state index >= 15 is 0 Å². The molecule has 1 saturated heterocycles. The summed E-state index contributed by atoms with van der Waals surface area (Å²) in [7, 11) is 4.63. The third-order valence-corrected chi connectivity index (χ3v) is 12.1. The minimum Gasteiger partial charge on any atom is -1.00 e. The van der Waals surface area contributed by atoms with Crippen LogP contribution < -0.4 is 52.5 Å². The van der Waals surface area contributed by atoms with Crippen LogP contribution in [-0.2, 0) is 16.6 Å². The first-order chi connectivity index (χ1) is 17.6. The zero-order chi connectivity index (χ0) is 26.0. The number of quaternary nitrogens is 1. The summed E-state index contributed by atoms with van der Waals surface area (Å²) >= 11 is 0. The summed E-state index contributed by atoms with van der Waals surface area (Å²) in [6.45, 7) is 9.41. The minimum atomic E-state index is -0.146. The molecule has 4 nitrogen and oxygen atoms in total. The quantitative estimate of drug-likeness (QED) is 0.143. The smallest absolute Gasteiger partial charge is 0.303 e. The van der Waals surface area contributed by atoms with Gasteiger partial charge >= 0.3 is 5.97 Å². The summed E-state index contributed by atoms with van der Waals surface area (Å²) in [5.41, 5.74) is 4.68. The summed E-state index contributed by atoms with van der Waals surface area (Å²) in [5, 5.41) is 0. The molecule has 5 aliphatic rings. The first-order valence-electron chi connectivity index (χ1n) is 15.0. The zero-order valence-corrected chi connectivity index (χ0v) is 28.9. The maximum absolute atomic E-state index is 12.3. The Morgan fingerprint density at radius 3 is 2.51 bits per heavy atom. The van der Waals surface area contributed by atoms with Crippen LogP contribution in [0.1, 0.15) is 84.3 Å². The Morgan fingerprint density at radius 1 is 1.08 bits per heavy atom. The number of esters is 1. The van der Waals surface area contributed by atoms with Crippen molar-refractivity contribution in [3.63, 3.8) is 0 Å². The second-order valence-corrected chi connectivity index (χ2v) is 14.0. The molecule has 0 N–H and O–H groups in total. The van der Waals surface area contributed by atoms with Gasteiger partial charge in [0.05, 0.1) is 26.2 Å². The number of likely N-dealkylation sites (tertiary alicyclic amines) is 1. The minimum absolute atomic E-state index is 0. The Balaban J connectivity index is 0.00000176. The summed E-state index contributed by atoms with van der Waals surface area (Å²) in [6, 6.07) is 7.17. The third-order valence-electron chi connectivity index (χ3n) is 12.1. The number of hydrogen-bond acceptors (Lipinski definition) is 2. The van der Waals surface area contributed by atoms with Crippen molar-refractivity contribution in [3.05, 3.63) is 47.3 Å². The fourth-order valence-corrected chi connectivity index (χ4v) is 9.83. The Hall–Kier alpha value is -0.480. The van der Waals surface area contributed by atoms with Gasteiger partial charge < -0.3 is 57.2 Å². The second kappa shape index (κ2) is 11.7. The first kappa shape index (κ1) is 31.5. The van der Waals surface area contributed by atoms with E-state index in [-0.39, 0.29) is 65.4 Å². The van der Waals surface area contributed by atoms with Crippen LogP contribution in [0.15, 0.2) is 41.6 Å². The molecule has 6 rings (SSSR count). The molecule has 0 bridgehead atoms. The van der Waals surface area contributed by atoms with E-state index in [4.69, 9.17) is 4.74 Å². The van der Waals surface area contributed by atoms with E-state index < -0.39 is 0 Å². The number of halogens is 2. The second-order valence-electron chi connectivity index (χ2n) is 14.0. The fourth-order valence-electron chi connectivity index (χ4n) is 9.83. The van der Waals surface area contributed by atoms with Crippen molar-refractivity contribution in [1.82, 2.24) is 0 Å². The van der Waals surface area contributed by atoms with Gasteiger partial charge in [0.2, 0.25) is 5.69 Å². The predicted octanol–water partition coefficient (Wildman–Crippen LogP) is 0.0159. The van der Waals surface area contributed by atoms with Crippen molar-refractivity contribution in [2.24, 2.45) is 35.6 Å². The molecule has 4 fully saturated rings. The molecule has 3 saturated carbocycles. The molecule has 216 valence electrons. The molecule has 0 unspecified atom stereocenters. The highest BCUT2D eigenvalue weighted by molar-refractivity contribution is 5.67. The van der Waals surface area contributed by atoms with Gasteiger partial charge in [-0.3, -0.25) is 4.79 Å². The molecular formula is C33H48I2N2O2. The molecule has 0 aromatic carbocycles. The average molecular weight is 759 g/mol. The third kappa shape index (κ3) is 5.30. The van der Waals surface area contributed by atoms with E-state index in [0.717, 1.165) is 24.8 Å². The van der Waals surface area contributed by atoms with Crippen LogP contribution in [0.4, 0.5) is 0 Å². The van der Waals surface area contributed by atoms with Gasteiger partial charge in [0.25, 0.3) is 0 Å². The van der Waals surface area contributed by atoms with E-state index in [2.05, 4.69) is 69.1 Å². The van der Waals surface area contributed by atoms with Crippen LogP contribution in [0.25, 0.3) is 6.08 Å². The van der Waals surface area contributed by atoms with Crippen LogP contribution in [-0.4, -0.2) is 42.7 Å². The SMILES string of the molecule is CC(=O)O[C@H]1/C(=C/c2cccc[n+]2C)C[C@H]2[C@@H]3CC=C4C[C@@H]([N+]5(C)CCCC5)CC[C@]4(C)[C@H]3CC[C@]12C.[I-].[I-]. The van der Waals surface area contributed by atoms with Gasteiger partial charge in [-0.05, 0) is 66.9 Å². The highest BCUT2D eigenvalue weighted by Crippen LogP contribution is 2.66. The lowest BCUT2D eigenvalue weighted by Gasteiger charge is -2.58. The number of ether oxygens (including phenoxy) is 1. The lowest BCUT2D eigenvalue weighted by Crippen LogP contribution is -3.00.